The second kappa shape index (κ2) is 5.33. The number of hydrogen-bond donors (Lipinski definition) is 1. The van der Waals surface area contributed by atoms with Gasteiger partial charge in [0.15, 0.2) is 0 Å². The van der Waals surface area contributed by atoms with Gasteiger partial charge in [0.1, 0.15) is 10.8 Å². The zero-order valence-electron chi connectivity index (χ0n) is 8.95. The normalized spacial score (nSPS) is 10.3. The Hall–Kier alpha value is -1.33. The first-order valence-corrected chi connectivity index (χ1v) is 6.02. The van der Waals surface area contributed by atoms with Gasteiger partial charge >= 0.3 is 0 Å². The average Bonchev–Trinajstić information content (AvgIpc) is 2.32. The monoisotopic (exact) mass is 269 g/mol. The van der Waals surface area contributed by atoms with Crippen LogP contribution in [0.1, 0.15) is 0 Å². The Labute approximate surface area is 107 Å². The van der Waals surface area contributed by atoms with Gasteiger partial charge in [-0.1, -0.05) is 29.4 Å². The van der Waals surface area contributed by atoms with Gasteiger partial charge in [-0.05, 0) is 18.2 Å². The zero-order valence-corrected chi connectivity index (χ0v) is 10.5. The molecule has 0 saturated carbocycles. The molecule has 0 bridgehead atoms. The maximum Gasteiger partial charge on any atom is 0.223 e. The molecule has 2 rings (SSSR count). The van der Waals surface area contributed by atoms with Gasteiger partial charge in [-0.2, -0.15) is 0 Å². The summed E-state index contributed by atoms with van der Waals surface area (Å²) in [5.74, 6) is 0.197. The van der Waals surface area contributed by atoms with Gasteiger partial charge in [-0.3, -0.25) is 0 Å². The molecule has 88 valence electrons. The van der Waals surface area contributed by atoms with E-state index in [-0.39, 0.29) is 5.82 Å². The SMILES string of the molecule is CNc1ncc(Cl)c(Sc2cccc(F)c2)n1. The Morgan fingerprint density at radius 1 is 1.41 bits per heavy atom. The van der Waals surface area contributed by atoms with Crippen molar-refractivity contribution in [2.45, 2.75) is 9.92 Å². The average molecular weight is 270 g/mol. The standard InChI is InChI=1S/C11H9ClFN3S/c1-14-11-15-6-9(12)10(16-11)17-8-4-2-3-7(13)5-8/h2-6H,1H3,(H,14,15,16). The van der Waals surface area contributed by atoms with Crippen LogP contribution in [0.5, 0.6) is 0 Å². The summed E-state index contributed by atoms with van der Waals surface area (Å²) in [5.41, 5.74) is 0. The fourth-order valence-electron chi connectivity index (χ4n) is 1.19. The van der Waals surface area contributed by atoms with Gasteiger partial charge in [0, 0.05) is 11.9 Å². The van der Waals surface area contributed by atoms with Gasteiger partial charge < -0.3 is 5.32 Å². The number of hydrogen-bond acceptors (Lipinski definition) is 4. The molecule has 0 radical (unpaired) electrons. The molecule has 1 aromatic carbocycles. The van der Waals surface area contributed by atoms with Crippen molar-refractivity contribution < 1.29 is 4.39 Å². The first kappa shape index (κ1) is 12.1. The highest BCUT2D eigenvalue weighted by Gasteiger charge is 2.07. The van der Waals surface area contributed by atoms with Gasteiger partial charge in [-0.15, -0.1) is 0 Å². The number of benzene rings is 1. The number of anilines is 1. The maximum atomic E-state index is 13.0. The number of nitrogens with one attached hydrogen (secondary N) is 1. The quantitative estimate of drug-likeness (QED) is 0.866. The van der Waals surface area contributed by atoms with Gasteiger partial charge in [0.25, 0.3) is 0 Å². The van der Waals surface area contributed by atoms with E-state index in [2.05, 4.69) is 15.3 Å². The van der Waals surface area contributed by atoms with Gasteiger partial charge in [-0.25, -0.2) is 14.4 Å². The molecule has 0 saturated heterocycles. The third-order valence-electron chi connectivity index (χ3n) is 1.95. The molecular formula is C11H9ClFN3S. The lowest BCUT2D eigenvalue weighted by Gasteiger charge is -2.05. The van der Waals surface area contributed by atoms with Crippen molar-refractivity contribution in [1.82, 2.24) is 9.97 Å². The lowest BCUT2D eigenvalue weighted by Crippen LogP contribution is -1.96. The Kier molecular flexibility index (Phi) is 3.81. The molecule has 1 heterocycles. The minimum atomic E-state index is -0.283. The lowest BCUT2D eigenvalue weighted by molar-refractivity contribution is 0.624. The molecule has 0 amide bonds. The molecule has 17 heavy (non-hydrogen) atoms. The fraction of sp³-hybridized carbons (Fsp3) is 0.0909. The molecule has 0 aliphatic carbocycles. The van der Waals surface area contributed by atoms with Crippen molar-refractivity contribution in [1.29, 1.82) is 0 Å². The predicted molar refractivity (Wildman–Crippen MR) is 67.1 cm³/mol. The van der Waals surface area contributed by atoms with Crippen LogP contribution in [0.4, 0.5) is 10.3 Å². The molecule has 0 spiro atoms. The number of halogens is 2. The van der Waals surface area contributed by atoms with Crippen molar-refractivity contribution in [3.05, 3.63) is 41.3 Å². The zero-order chi connectivity index (χ0) is 12.3. The number of nitrogens with zero attached hydrogens (tertiary/aromatic N) is 2. The lowest BCUT2D eigenvalue weighted by atomic mass is 10.4. The van der Waals surface area contributed by atoms with E-state index in [1.54, 1.807) is 19.2 Å². The van der Waals surface area contributed by atoms with Gasteiger partial charge in [0.2, 0.25) is 5.95 Å². The van der Waals surface area contributed by atoms with E-state index in [0.29, 0.717) is 16.0 Å². The first-order valence-electron chi connectivity index (χ1n) is 4.83. The van der Waals surface area contributed by atoms with E-state index in [1.807, 2.05) is 0 Å². The smallest absolute Gasteiger partial charge is 0.223 e. The van der Waals surface area contributed by atoms with Crippen molar-refractivity contribution >= 4 is 29.3 Å². The van der Waals surface area contributed by atoms with Crippen LogP contribution < -0.4 is 5.32 Å². The summed E-state index contributed by atoms with van der Waals surface area (Å²) >= 11 is 7.27. The Morgan fingerprint density at radius 3 is 2.94 bits per heavy atom. The van der Waals surface area contributed by atoms with Crippen LogP contribution in [0.15, 0.2) is 40.4 Å². The molecule has 1 aromatic heterocycles. The fourth-order valence-corrected chi connectivity index (χ4v) is 2.22. The highest BCUT2D eigenvalue weighted by atomic mass is 35.5. The van der Waals surface area contributed by atoms with E-state index in [0.717, 1.165) is 4.90 Å². The molecule has 0 atom stereocenters. The van der Waals surface area contributed by atoms with Crippen molar-refractivity contribution in [3.63, 3.8) is 0 Å². The molecule has 0 unspecified atom stereocenters. The maximum absolute atomic E-state index is 13.0. The molecule has 1 N–H and O–H groups in total. The minimum Gasteiger partial charge on any atom is -0.357 e. The molecular weight excluding hydrogens is 261 g/mol. The third-order valence-corrected chi connectivity index (χ3v) is 3.33. The van der Waals surface area contributed by atoms with Crippen LogP contribution in [-0.2, 0) is 0 Å². The van der Waals surface area contributed by atoms with E-state index >= 15 is 0 Å². The summed E-state index contributed by atoms with van der Waals surface area (Å²) in [6, 6.07) is 6.27. The van der Waals surface area contributed by atoms with Crippen LogP contribution in [0, 0.1) is 5.82 Å². The molecule has 0 aliphatic rings. The van der Waals surface area contributed by atoms with E-state index in [4.69, 9.17) is 11.6 Å². The largest absolute Gasteiger partial charge is 0.357 e. The number of aromatic nitrogens is 2. The van der Waals surface area contributed by atoms with Crippen LogP contribution in [0.3, 0.4) is 0 Å². The second-order valence-corrected chi connectivity index (χ2v) is 4.63. The van der Waals surface area contributed by atoms with Crippen molar-refractivity contribution in [2.24, 2.45) is 0 Å². The highest BCUT2D eigenvalue weighted by molar-refractivity contribution is 7.99. The van der Waals surface area contributed by atoms with E-state index in [9.17, 15) is 4.39 Å². The summed E-state index contributed by atoms with van der Waals surface area (Å²) in [4.78, 5) is 8.92. The molecule has 6 heteroatoms. The summed E-state index contributed by atoms with van der Waals surface area (Å²) in [6.45, 7) is 0. The molecule has 0 fully saturated rings. The topological polar surface area (TPSA) is 37.8 Å². The van der Waals surface area contributed by atoms with Crippen LogP contribution in [0.25, 0.3) is 0 Å². The first-order chi connectivity index (χ1) is 8.19. The van der Waals surface area contributed by atoms with Crippen molar-refractivity contribution in [2.75, 3.05) is 12.4 Å². The van der Waals surface area contributed by atoms with E-state index < -0.39 is 0 Å². The van der Waals surface area contributed by atoms with Gasteiger partial charge in [0.05, 0.1) is 11.2 Å². The summed E-state index contributed by atoms with van der Waals surface area (Å²) in [7, 11) is 1.72. The predicted octanol–water partition coefficient (Wildman–Crippen LogP) is 3.46. The van der Waals surface area contributed by atoms with Crippen LogP contribution >= 0.6 is 23.4 Å². The van der Waals surface area contributed by atoms with E-state index in [1.165, 1.54) is 30.1 Å². The second-order valence-electron chi connectivity index (χ2n) is 3.16. The Morgan fingerprint density at radius 2 is 2.24 bits per heavy atom. The Bertz CT molecular complexity index is 536. The summed E-state index contributed by atoms with van der Waals surface area (Å²) < 4.78 is 13.0. The minimum absolute atomic E-state index is 0.283. The van der Waals surface area contributed by atoms with Crippen molar-refractivity contribution in [3.8, 4) is 0 Å². The van der Waals surface area contributed by atoms with Crippen LogP contribution in [0.2, 0.25) is 5.02 Å². The summed E-state index contributed by atoms with van der Waals surface area (Å²) in [6.07, 6.45) is 1.52. The molecule has 2 aromatic rings. The molecule has 0 aliphatic heterocycles. The summed E-state index contributed by atoms with van der Waals surface area (Å²) in [5, 5.41) is 3.86. The third kappa shape index (κ3) is 3.08. The Balaban J connectivity index is 2.29. The number of rotatable bonds is 3. The highest BCUT2D eigenvalue weighted by Crippen LogP contribution is 2.31. The van der Waals surface area contributed by atoms with Crippen LogP contribution in [-0.4, -0.2) is 17.0 Å². The molecule has 3 nitrogen and oxygen atoms in total.